The number of aryl methyl sites for hydroxylation is 4. The van der Waals surface area contributed by atoms with Crippen LogP contribution in [0, 0.1) is 11.6 Å². The summed E-state index contributed by atoms with van der Waals surface area (Å²) in [7, 11) is 16.4. The molecule has 140 heavy (non-hydrogen) atoms. The van der Waals surface area contributed by atoms with E-state index in [1.807, 2.05) is 112 Å². The second-order valence-electron chi connectivity index (χ2n) is 35.1. The predicted octanol–water partition coefficient (Wildman–Crippen LogP) is 12.8. The number of methoxy groups -OCH3 is 6. The summed E-state index contributed by atoms with van der Waals surface area (Å²) in [6.07, 6.45) is 19.6. The van der Waals surface area contributed by atoms with Gasteiger partial charge in [-0.3, -0.25) is 66.0 Å². The van der Waals surface area contributed by atoms with E-state index in [-0.39, 0.29) is 64.7 Å². The maximum absolute atomic E-state index is 15.8. The maximum Gasteiger partial charge on any atom is 0.265 e. The molecule has 0 fully saturated rings. The summed E-state index contributed by atoms with van der Waals surface area (Å²) in [6, 6.07) is 37.8. The van der Waals surface area contributed by atoms with Crippen LogP contribution < -0.4 is 80.9 Å². The van der Waals surface area contributed by atoms with Crippen molar-refractivity contribution in [2.45, 2.75) is 106 Å². The molecule has 0 radical (unpaired) electrons. The van der Waals surface area contributed by atoms with Gasteiger partial charge in [0.15, 0.2) is 23.1 Å². The lowest BCUT2D eigenvalue weighted by Gasteiger charge is -2.27. The molecule has 0 unspecified atom stereocenters. The monoisotopic (exact) mass is 1910 g/mol. The summed E-state index contributed by atoms with van der Waals surface area (Å²) in [5, 5.41) is 45.6. The average Bonchev–Trinajstić information content (AvgIpc) is 1.40. The van der Waals surface area contributed by atoms with Crippen molar-refractivity contribution >= 4 is 89.1 Å². The van der Waals surface area contributed by atoms with Crippen LogP contribution in [0.25, 0.3) is 66.4 Å². The zero-order valence-corrected chi connectivity index (χ0v) is 81.8. The molecule has 0 atom stereocenters. The first-order chi connectivity index (χ1) is 67.4. The lowest BCUT2D eigenvalue weighted by Crippen LogP contribution is -2.34. The van der Waals surface area contributed by atoms with Gasteiger partial charge in [-0.25, -0.2) is 28.7 Å². The smallest absolute Gasteiger partial charge is 0.265 e. The molecule has 8 aromatic heterocycles. The number of hydrogen-bond acceptors (Lipinski definition) is 28. The first-order valence-corrected chi connectivity index (χ1v) is 45.9. The molecular formula is C102H118F2N24O12. The minimum Gasteiger partial charge on any atom is -0.497 e. The molecule has 2 aliphatic heterocycles. The number of benzene rings is 8. The fourth-order valence-corrected chi connectivity index (χ4v) is 17.2. The van der Waals surface area contributed by atoms with Gasteiger partial charge in [0.05, 0.1) is 158 Å². The number of halogens is 2. The number of anilines is 8. The van der Waals surface area contributed by atoms with Crippen LogP contribution in [0.15, 0.2) is 215 Å². The molecule has 2 aliphatic rings. The molecule has 0 spiro atoms. The fourth-order valence-electron chi connectivity index (χ4n) is 17.2. The number of hydrogen-bond donors (Lipinski definition) is 4. The molecular weight excluding hydrogens is 1790 g/mol. The summed E-state index contributed by atoms with van der Waals surface area (Å²) in [5.74, 6) is 1.67. The molecule has 10 heterocycles. The number of rotatable bonds is 28. The van der Waals surface area contributed by atoms with Crippen LogP contribution >= 0.6 is 0 Å². The van der Waals surface area contributed by atoms with Crippen LogP contribution in [-0.2, 0) is 54.5 Å². The van der Waals surface area contributed by atoms with Crippen LogP contribution in [-0.4, -0.2) is 217 Å². The SMILES string of the molecule is COc1cc(CO)c2c(c1)N(c1ccc3ncn(-c4cnn(C)c4)c(=O)c3c1)CCN(C(C)C)C2.COc1cc(CO)c2c(c1F)N(c1ccc3ncn(-c4cnn(C)c4)c(=O)c3c1)CCN(C(C)C)C2.COc1cc(OC)c(F)c(N(CCNC(C)C)c2ccc3ncn(-c4cnn(C)c4)c(=O)c3c2)c1.COc1cc(OC)cc(N(CCNC(C)C)c2ccc3ncn(-c4cnn(C)c4)c(=O)c3c2)c1. The highest BCUT2D eigenvalue weighted by molar-refractivity contribution is 5.88. The summed E-state index contributed by atoms with van der Waals surface area (Å²) < 4.78 is 76.2. The number of fused-ring (bicyclic) bond motifs is 6. The number of ether oxygens (including phenoxy) is 6. The standard InChI is InChI=1S/C26H29FN6O3.C26H30N6O3.C25H29FN6O3.C25H30N6O3/c1-16(2)31-7-8-32(25-21(13-31)17(14-34)9-23(36-4)24(25)27)18-5-6-22-20(10-18)26(35)33(15-28-22)19-11-29-30(3)12-19;1-17(2)30-7-8-31(25-11-21(35-4)9-18(15-33)23(25)14-30)19-5-6-24-22(10-19)26(34)32(16-27-24)20-12-28-29(3)13-20;1-16(2)27-8-9-31(22-11-19(34-4)12-23(35-5)24(22)26)17-6-7-21-20(10-17)25(33)32(15-28-21)18-13-29-30(3)14-18;1-17(2)26-8-9-30(19-10-21(33-4)13-22(11-19)34-5)18-6-7-24-23(12-18)25(32)31(16-27-24)20-14-28-29(3)15-20/h5-6,9-12,15-16,34H,7-8,13-14H2,1-4H3;5-6,9-13,16-17,33H,7-8,14-15H2,1-4H3;6-7,10-16,27H,8-9H2,1-5H3;6-7,10-17,26H,8-9H2,1-5H3. The number of nitrogens with one attached hydrogen (secondary N) is 2. The van der Waals surface area contributed by atoms with E-state index in [2.05, 4.69) is 112 Å². The molecule has 0 amide bonds. The number of aliphatic hydroxyl groups excluding tert-OH is 2. The predicted molar refractivity (Wildman–Crippen MR) is 539 cm³/mol. The fraction of sp³-hybridized carbons (Fsp3) is 0.333. The van der Waals surface area contributed by atoms with Crippen molar-refractivity contribution in [3.8, 4) is 57.2 Å². The van der Waals surface area contributed by atoms with Gasteiger partial charge in [-0.05, 0) is 135 Å². The van der Waals surface area contributed by atoms with Crippen molar-refractivity contribution in [1.82, 2.24) is 97.8 Å². The minimum absolute atomic E-state index is 0.0715. The highest BCUT2D eigenvalue weighted by Crippen LogP contribution is 2.44. The van der Waals surface area contributed by atoms with Crippen molar-refractivity contribution < 1.29 is 47.4 Å². The van der Waals surface area contributed by atoms with Crippen molar-refractivity contribution in [3.63, 3.8) is 0 Å². The van der Waals surface area contributed by atoms with E-state index in [1.54, 1.807) is 158 Å². The Balaban J connectivity index is 0.000000141. The lowest BCUT2D eigenvalue weighted by atomic mass is 10.0. The molecule has 36 nitrogen and oxygen atoms in total. The van der Waals surface area contributed by atoms with E-state index in [1.165, 1.54) is 58.3 Å². The van der Waals surface area contributed by atoms with Crippen molar-refractivity contribution in [2.75, 3.05) is 115 Å². The molecule has 0 saturated carbocycles. The Morgan fingerprint density at radius 3 is 1.16 bits per heavy atom. The van der Waals surface area contributed by atoms with Gasteiger partial charge >= 0.3 is 0 Å². The largest absolute Gasteiger partial charge is 0.497 e. The molecule has 0 bridgehead atoms. The van der Waals surface area contributed by atoms with Gasteiger partial charge in [0.1, 0.15) is 48.3 Å². The van der Waals surface area contributed by atoms with E-state index in [9.17, 15) is 29.4 Å². The van der Waals surface area contributed by atoms with Gasteiger partial charge in [0.25, 0.3) is 22.2 Å². The Hall–Kier alpha value is -15.2. The van der Waals surface area contributed by atoms with Crippen LogP contribution in [0.4, 0.5) is 54.3 Å². The van der Waals surface area contributed by atoms with Crippen molar-refractivity contribution in [2.24, 2.45) is 28.2 Å². The lowest BCUT2D eigenvalue weighted by molar-refractivity contribution is 0.220. The van der Waals surface area contributed by atoms with Gasteiger partial charge in [0.2, 0.25) is 0 Å². The highest BCUT2D eigenvalue weighted by Gasteiger charge is 2.33. The first kappa shape index (κ1) is 99.3. The highest BCUT2D eigenvalue weighted by atomic mass is 19.1. The Morgan fingerprint density at radius 2 is 0.757 bits per heavy atom. The van der Waals surface area contributed by atoms with Gasteiger partial charge in [0, 0.05) is 213 Å². The van der Waals surface area contributed by atoms with E-state index in [0.29, 0.717) is 169 Å². The molecule has 38 heteroatoms. The molecule has 18 rings (SSSR count). The number of nitrogens with zero attached hydrogens (tertiary/aromatic N) is 22. The van der Waals surface area contributed by atoms with E-state index in [4.69, 9.17) is 28.4 Å². The van der Waals surface area contributed by atoms with E-state index in [0.717, 1.165) is 60.1 Å². The molecule has 732 valence electrons. The van der Waals surface area contributed by atoms with Crippen molar-refractivity contribution in [1.29, 1.82) is 0 Å². The van der Waals surface area contributed by atoms with Crippen LogP contribution in [0.1, 0.15) is 77.6 Å². The number of aliphatic hydroxyl groups is 2. The third-order valence-electron chi connectivity index (χ3n) is 24.7. The molecule has 4 N–H and O–H groups in total. The summed E-state index contributed by atoms with van der Waals surface area (Å²) in [5.41, 5.74) is 13.0. The Labute approximate surface area is 807 Å². The normalized spacial score (nSPS) is 12.8. The summed E-state index contributed by atoms with van der Waals surface area (Å²) in [6.45, 7) is 22.9. The molecule has 16 aromatic rings. The van der Waals surface area contributed by atoms with Gasteiger partial charge in [-0.2, -0.15) is 20.4 Å². The van der Waals surface area contributed by atoms with Crippen LogP contribution in [0.3, 0.4) is 0 Å². The average molecular weight is 1910 g/mol. The number of aromatic nitrogens is 16. The van der Waals surface area contributed by atoms with Gasteiger partial charge in [-0.1, -0.05) is 27.7 Å². The second-order valence-corrected chi connectivity index (χ2v) is 35.1. The third-order valence-corrected chi connectivity index (χ3v) is 24.7. The van der Waals surface area contributed by atoms with Gasteiger partial charge in [-0.15, -0.1) is 0 Å². The Morgan fingerprint density at radius 1 is 0.386 bits per heavy atom. The molecule has 0 aliphatic carbocycles. The molecule has 8 aromatic carbocycles. The molecule has 0 saturated heterocycles. The summed E-state index contributed by atoms with van der Waals surface area (Å²) in [4.78, 5) is 84.1. The second kappa shape index (κ2) is 43.6. The van der Waals surface area contributed by atoms with Crippen molar-refractivity contribution in [3.05, 3.63) is 272 Å². The Kier molecular flexibility index (Phi) is 30.9. The quantitative estimate of drug-likeness (QED) is 0.0354. The topological polar surface area (TPSA) is 350 Å². The third kappa shape index (κ3) is 21.5. The van der Waals surface area contributed by atoms with Crippen LogP contribution in [0.2, 0.25) is 0 Å². The Bertz CT molecular complexity index is 7250. The maximum atomic E-state index is 15.8. The zero-order valence-electron chi connectivity index (χ0n) is 81.8. The zero-order chi connectivity index (χ0) is 99.6. The van der Waals surface area contributed by atoms with E-state index >= 15 is 8.78 Å². The summed E-state index contributed by atoms with van der Waals surface area (Å²) >= 11 is 0. The van der Waals surface area contributed by atoms with Gasteiger partial charge < -0.3 is 68.9 Å². The minimum atomic E-state index is -0.517. The van der Waals surface area contributed by atoms with Crippen LogP contribution in [0.5, 0.6) is 34.5 Å². The van der Waals surface area contributed by atoms with E-state index < -0.39 is 11.6 Å². The first-order valence-electron chi connectivity index (χ1n) is 45.9.